The van der Waals surface area contributed by atoms with Crippen molar-refractivity contribution in [1.29, 1.82) is 0 Å². The van der Waals surface area contributed by atoms with Crippen molar-refractivity contribution in [2.75, 3.05) is 12.0 Å². The highest BCUT2D eigenvalue weighted by Gasteiger charge is 2.26. The molecule has 0 bridgehead atoms. The van der Waals surface area contributed by atoms with Crippen LogP contribution in [0.15, 0.2) is 18.2 Å². The lowest BCUT2D eigenvalue weighted by Gasteiger charge is -2.11. The van der Waals surface area contributed by atoms with Crippen LogP contribution < -0.4 is 11.1 Å². The lowest BCUT2D eigenvalue weighted by Crippen LogP contribution is -2.33. The number of nitrogens with zero attached hydrogens (tertiary/aromatic N) is 1. The highest BCUT2D eigenvalue weighted by atomic mass is 32.2. The van der Waals surface area contributed by atoms with E-state index in [1.165, 1.54) is 6.42 Å². The Hall–Kier alpha value is -1.69. The first-order valence-corrected chi connectivity index (χ1v) is 8.03. The van der Waals surface area contributed by atoms with Crippen LogP contribution >= 0.6 is 11.8 Å². The monoisotopic (exact) mass is 290 g/mol. The van der Waals surface area contributed by atoms with E-state index in [0.717, 1.165) is 23.7 Å². The van der Waals surface area contributed by atoms with Crippen LogP contribution in [0.1, 0.15) is 29.8 Å². The second-order valence-corrected chi connectivity index (χ2v) is 6.36. The van der Waals surface area contributed by atoms with Crippen LogP contribution in [0, 0.1) is 0 Å². The smallest absolute Gasteiger partial charge is 0.272 e. The number of H-pyrrole nitrogens is 1. The van der Waals surface area contributed by atoms with Crippen molar-refractivity contribution < 1.29 is 4.79 Å². The summed E-state index contributed by atoms with van der Waals surface area (Å²) in [5.41, 5.74) is 7.67. The molecule has 1 saturated carbocycles. The molecule has 0 radical (unpaired) electrons. The van der Waals surface area contributed by atoms with E-state index in [9.17, 15) is 4.79 Å². The standard InChI is InChI=1S/C14H18N4OS/c1-20-10-4-3-9(7-10)16-14(19)13-11-6-8(15)2-5-12(11)17-18-13/h2,5-6,9-10H,3-4,7,15H2,1H3,(H,16,19)(H,17,18). The summed E-state index contributed by atoms with van der Waals surface area (Å²) in [6.07, 6.45) is 5.37. The topological polar surface area (TPSA) is 83.8 Å². The molecule has 1 aromatic carbocycles. The Morgan fingerprint density at radius 1 is 1.50 bits per heavy atom. The molecular formula is C14H18N4OS. The largest absolute Gasteiger partial charge is 0.399 e. The number of rotatable bonds is 3. The molecule has 2 unspecified atom stereocenters. The SMILES string of the molecule is CSC1CCC(NC(=O)c2n[nH]c3ccc(N)cc23)C1. The average molecular weight is 290 g/mol. The first kappa shape index (κ1) is 13.3. The summed E-state index contributed by atoms with van der Waals surface area (Å²) in [7, 11) is 0. The fourth-order valence-electron chi connectivity index (χ4n) is 2.74. The van der Waals surface area contributed by atoms with Crippen molar-refractivity contribution in [3.05, 3.63) is 23.9 Å². The number of thioether (sulfide) groups is 1. The number of benzene rings is 1. The van der Waals surface area contributed by atoms with Crippen LogP contribution in [0.2, 0.25) is 0 Å². The van der Waals surface area contributed by atoms with E-state index >= 15 is 0 Å². The number of carbonyl (C=O) groups excluding carboxylic acids is 1. The Balaban J connectivity index is 1.77. The number of nitrogens with two attached hydrogens (primary N) is 1. The molecule has 2 aromatic rings. The Bertz CT molecular complexity index is 639. The van der Waals surface area contributed by atoms with Gasteiger partial charge in [0, 0.05) is 22.4 Å². The lowest BCUT2D eigenvalue weighted by atomic mass is 10.1. The van der Waals surface area contributed by atoms with Gasteiger partial charge in [0.05, 0.1) is 5.52 Å². The van der Waals surface area contributed by atoms with E-state index in [1.54, 1.807) is 12.1 Å². The van der Waals surface area contributed by atoms with E-state index in [2.05, 4.69) is 21.8 Å². The molecule has 0 spiro atoms. The Morgan fingerprint density at radius 3 is 3.10 bits per heavy atom. The number of nitrogens with one attached hydrogen (secondary N) is 2. The van der Waals surface area contributed by atoms with Gasteiger partial charge >= 0.3 is 0 Å². The molecule has 2 atom stereocenters. The zero-order valence-corrected chi connectivity index (χ0v) is 12.2. The van der Waals surface area contributed by atoms with E-state index in [4.69, 9.17) is 5.73 Å². The third kappa shape index (κ3) is 2.47. The first-order chi connectivity index (χ1) is 9.67. The Morgan fingerprint density at radius 2 is 2.35 bits per heavy atom. The summed E-state index contributed by atoms with van der Waals surface area (Å²) in [6.45, 7) is 0. The van der Waals surface area contributed by atoms with Crippen molar-refractivity contribution >= 4 is 34.3 Å². The fraction of sp³-hybridized carbons (Fsp3) is 0.429. The van der Waals surface area contributed by atoms with Crippen molar-refractivity contribution in [2.45, 2.75) is 30.6 Å². The number of anilines is 1. The van der Waals surface area contributed by atoms with Gasteiger partial charge in [-0.05, 0) is 43.7 Å². The van der Waals surface area contributed by atoms with E-state index in [-0.39, 0.29) is 11.9 Å². The van der Waals surface area contributed by atoms with Gasteiger partial charge in [-0.25, -0.2) is 0 Å². The van der Waals surface area contributed by atoms with Gasteiger partial charge in [0.1, 0.15) is 0 Å². The third-order valence-electron chi connectivity index (χ3n) is 3.86. The number of nitrogen functional groups attached to an aromatic ring is 1. The second kappa shape index (κ2) is 5.36. The zero-order chi connectivity index (χ0) is 14.1. The van der Waals surface area contributed by atoms with E-state index < -0.39 is 0 Å². The Labute approximate surface area is 121 Å². The van der Waals surface area contributed by atoms with Crippen LogP contribution in [0.25, 0.3) is 10.9 Å². The number of carbonyl (C=O) groups is 1. The number of amides is 1. The summed E-state index contributed by atoms with van der Waals surface area (Å²) in [5, 5.41) is 11.5. The number of aromatic nitrogens is 2. The number of hydrogen-bond donors (Lipinski definition) is 3. The lowest BCUT2D eigenvalue weighted by molar-refractivity contribution is 0.0934. The number of hydrogen-bond acceptors (Lipinski definition) is 4. The number of fused-ring (bicyclic) bond motifs is 1. The van der Waals surface area contributed by atoms with Gasteiger partial charge in [0.2, 0.25) is 0 Å². The Kier molecular flexibility index (Phi) is 3.56. The van der Waals surface area contributed by atoms with Crippen LogP contribution in [0.3, 0.4) is 0 Å². The predicted molar refractivity (Wildman–Crippen MR) is 82.9 cm³/mol. The molecule has 1 fully saturated rings. The summed E-state index contributed by atoms with van der Waals surface area (Å²) in [5.74, 6) is -0.117. The molecule has 3 rings (SSSR count). The van der Waals surface area contributed by atoms with Crippen LogP contribution in [-0.2, 0) is 0 Å². The van der Waals surface area contributed by atoms with Gasteiger partial charge in [-0.2, -0.15) is 16.9 Å². The first-order valence-electron chi connectivity index (χ1n) is 6.74. The highest BCUT2D eigenvalue weighted by Crippen LogP contribution is 2.28. The van der Waals surface area contributed by atoms with E-state index in [1.807, 2.05) is 17.8 Å². The molecule has 106 valence electrons. The minimum Gasteiger partial charge on any atom is -0.399 e. The maximum atomic E-state index is 12.3. The van der Waals surface area contributed by atoms with Gasteiger partial charge < -0.3 is 11.1 Å². The van der Waals surface area contributed by atoms with Gasteiger partial charge in [-0.1, -0.05) is 0 Å². The molecule has 1 aliphatic carbocycles. The molecule has 0 aliphatic heterocycles. The van der Waals surface area contributed by atoms with Gasteiger partial charge in [-0.3, -0.25) is 9.89 Å². The maximum absolute atomic E-state index is 12.3. The molecule has 20 heavy (non-hydrogen) atoms. The normalized spacial score (nSPS) is 22.2. The molecule has 4 N–H and O–H groups in total. The minimum atomic E-state index is -0.117. The highest BCUT2D eigenvalue weighted by molar-refractivity contribution is 7.99. The van der Waals surface area contributed by atoms with Crippen LogP contribution in [-0.4, -0.2) is 33.7 Å². The molecular weight excluding hydrogens is 272 g/mol. The molecule has 1 aromatic heterocycles. The van der Waals surface area contributed by atoms with Gasteiger partial charge in [0.15, 0.2) is 5.69 Å². The summed E-state index contributed by atoms with van der Waals surface area (Å²) in [6, 6.07) is 5.68. The molecule has 1 aliphatic rings. The number of aromatic amines is 1. The minimum absolute atomic E-state index is 0.117. The second-order valence-electron chi connectivity index (χ2n) is 5.22. The van der Waals surface area contributed by atoms with Crippen molar-refractivity contribution in [3.8, 4) is 0 Å². The summed E-state index contributed by atoms with van der Waals surface area (Å²) in [4.78, 5) is 12.3. The maximum Gasteiger partial charge on any atom is 0.272 e. The average Bonchev–Trinajstić information content (AvgIpc) is 3.04. The van der Waals surface area contributed by atoms with Crippen molar-refractivity contribution in [3.63, 3.8) is 0 Å². The van der Waals surface area contributed by atoms with Crippen LogP contribution in [0.5, 0.6) is 0 Å². The van der Waals surface area contributed by atoms with Crippen LogP contribution in [0.4, 0.5) is 5.69 Å². The summed E-state index contributed by atoms with van der Waals surface area (Å²) >= 11 is 1.88. The quantitative estimate of drug-likeness (QED) is 0.756. The molecule has 5 nitrogen and oxygen atoms in total. The fourth-order valence-corrected chi connectivity index (χ4v) is 3.54. The third-order valence-corrected chi connectivity index (χ3v) is 4.95. The van der Waals surface area contributed by atoms with Crippen molar-refractivity contribution in [1.82, 2.24) is 15.5 Å². The van der Waals surface area contributed by atoms with Crippen molar-refractivity contribution in [2.24, 2.45) is 0 Å². The van der Waals surface area contributed by atoms with E-state index in [0.29, 0.717) is 16.6 Å². The van der Waals surface area contributed by atoms with Gasteiger partial charge in [0.25, 0.3) is 5.91 Å². The molecule has 1 amide bonds. The molecule has 0 saturated heterocycles. The summed E-state index contributed by atoms with van der Waals surface area (Å²) < 4.78 is 0. The zero-order valence-electron chi connectivity index (χ0n) is 11.3. The molecule has 1 heterocycles. The van der Waals surface area contributed by atoms with Gasteiger partial charge in [-0.15, -0.1) is 0 Å². The predicted octanol–water partition coefficient (Wildman–Crippen LogP) is 2.16. The molecule has 6 heteroatoms.